The number of H-pyrrole nitrogens is 1. The Bertz CT molecular complexity index is 786. The van der Waals surface area contributed by atoms with Crippen LogP contribution in [0.15, 0.2) is 25.0 Å². The first-order valence-electron chi connectivity index (χ1n) is 6.18. The second kappa shape index (κ2) is 5.49. The number of nitrogens with one attached hydrogen (secondary N) is 2. The summed E-state index contributed by atoms with van der Waals surface area (Å²) in [6, 6.07) is 1.46. The number of anilines is 1. The summed E-state index contributed by atoms with van der Waals surface area (Å²) in [6.07, 6.45) is 4.07. The van der Waals surface area contributed by atoms with E-state index in [0.29, 0.717) is 29.5 Å². The van der Waals surface area contributed by atoms with Crippen LogP contribution in [0.3, 0.4) is 0 Å². The Morgan fingerprint density at radius 2 is 2.10 bits per heavy atom. The molecule has 0 atom stereocenters. The summed E-state index contributed by atoms with van der Waals surface area (Å²) in [7, 11) is 0. The molecule has 2 N–H and O–H groups in total. The van der Waals surface area contributed by atoms with Crippen molar-refractivity contribution in [2.45, 2.75) is 6.92 Å². The fourth-order valence-corrected chi connectivity index (χ4v) is 1.72. The highest BCUT2D eigenvalue weighted by Gasteiger charge is 2.13. The Kier molecular flexibility index (Phi) is 3.37. The van der Waals surface area contributed by atoms with Crippen LogP contribution >= 0.6 is 0 Å². The molecule has 1 amide bonds. The van der Waals surface area contributed by atoms with Crippen molar-refractivity contribution >= 4 is 22.9 Å². The van der Waals surface area contributed by atoms with E-state index >= 15 is 0 Å². The zero-order valence-corrected chi connectivity index (χ0v) is 11.1. The second-order valence-electron chi connectivity index (χ2n) is 3.95. The van der Waals surface area contributed by atoms with Gasteiger partial charge in [0.15, 0.2) is 11.5 Å². The van der Waals surface area contributed by atoms with Crippen LogP contribution in [0.1, 0.15) is 17.4 Å². The van der Waals surface area contributed by atoms with Crippen LogP contribution in [0.25, 0.3) is 11.2 Å². The van der Waals surface area contributed by atoms with E-state index in [1.54, 1.807) is 0 Å². The van der Waals surface area contributed by atoms with Gasteiger partial charge >= 0.3 is 0 Å². The molecular formula is C12H11N7O2. The predicted octanol–water partition coefficient (Wildman–Crippen LogP) is 0.794. The van der Waals surface area contributed by atoms with Gasteiger partial charge in [-0.15, -0.1) is 0 Å². The average molecular weight is 285 g/mol. The van der Waals surface area contributed by atoms with E-state index in [-0.39, 0.29) is 5.69 Å². The van der Waals surface area contributed by atoms with E-state index in [0.717, 1.165) is 0 Å². The molecule has 0 unspecified atom stereocenters. The molecule has 0 saturated heterocycles. The first-order valence-corrected chi connectivity index (χ1v) is 6.18. The molecule has 9 heteroatoms. The lowest BCUT2D eigenvalue weighted by molar-refractivity contribution is 0.102. The van der Waals surface area contributed by atoms with Gasteiger partial charge in [0, 0.05) is 6.07 Å². The van der Waals surface area contributed by atoms with Crippen LogP contribution in [-0.2, 0) is 0 Å². The normalized spacial score (nSPS) is 10.5. The standard InChI is InChI=1S/C12H11N7O2/c1-2-21-8-3-7(13-4-14-8)12(20)19-11-9-10(16-5-15-9)17-6-18-11/h3-6H,2H2,1H3,(H2,15,16,17,18,19,20). The molecule has 3 aromatic heterocycles. The molecule has 0 spiro atoms. The highest BCUT2D eigenvalue weighted by Crippen LogP contribution is 2.15. The Hall–Kier alpha value is -3.10. The Morgan fingerprint density at radius 3 is 2.95 bits per heavy atom. The van der Waals surface area contributed by atoms with Gasteiger partial charge in [-0.2, -0.15) is 0 Å². The lowest BCUT2D eigenvalue weighted by Gasteiger charge is -2.05. The highest BCUT2D eigenvalue weighted by molar-refractivity contribution is 6.05. The lowest BCUT2D eigenvalue weighted by Crippen LogP contribution is -2.15. The number of amides is 1. The van der Waals surface area contributed by atoms with Crippen molar-refractivity contribution in [2.75, 3.05) is 11.9 Å². The molecule has 0 aliphatic carbocycles. The smallest absolute Gasteiger partial charge is 0.275 e. The topological polar surface area (TPSA) is 119 Å². The molecule has 0 aromatic carbocycles. The Labute approximate surface area is 118 Å². The molecular weight excluding hydrogens is 274 g/mol. The second-order valence-corrected chi connectivity index (χ2v) is 3.95. The van der Waals surface area contributed by atoms with E-state index in [9.17, 15) is 4.79 Å². The zero-order valence-electron chi connectivity index (χ0n) is 11.1. The third kappa shape index (κ3) is 2.61. The van der Waals surface area contributed by atoms with Crippen LogP contribution < -0.4 is 10.1 Å². The first-order chi connectivity index (χ1) is 10.3. The molecule has 3 rings (SSSR count). The van der Waals surface area contributed by atoms with Crippen molar-refractivity contribution in [3.05, 3.63) is 30.7 Å². The van der Waals surface area contributed by atoms with E-state index in [2.05, 4.69) is 35.2 Å². The van der Waals surface area contributed by atoms with Crippen LogP contribution in [0.5, 0.6) is 5.88 Å². The van der Waals surface area contributed by atoms with Crippen molar-refractivity contribution in [2.24, 2.45) is 0 Å². The number of hydrogen-bond donors (Lipinski definition) is 2. The number of carbonyl (C=O) groups is 1. The number of hydrogen-bond acceptors (Lipinski definition) is 7. The number of imidazole rings is 1. The van der Waals surface area contributed by atoms with Gasteiger partial charge in [-0.3, -0.25) is 4.79 Å². The van der Waals surface area contributed by atoms with Gasteiger partial charge in [0.25, 0.3) is 5.91 Å². The third-order valence-corrected chi connectivity index (χ3v) is 2.62. The monoisotopic (exact) mass is 285 g/mol. The quantitative estimate of drug-likeness (QED) is 0.727. The van der Waals surface area contributed by atoms with Gasteiger partial charge in [0.05, 0.1) is 12.9 Å². The Morgan fingerprint density at radius 1 is 1.24 bits per heavy atom. The summed E-state index contributed by atoms with van der Waals surface area (Å²) < 4.78 is 5.23. The molecule has 0 bridgehead atoms. The number of aromatic amines is 1. The fourth-order valence-electron chi connectivity index (χ4n) is 1.72. The molecule has 21 heavy (non-hydrogen) atoms. The summed E-state index contributed by atoms with van der Waals surface area (Å²) in [5.74, 6) is 0.249. The number of rotatable bonds is 4. The summed E-state index contributed by atoms with van der Waals surface area (Å²) >= 11 is 0. The maximum Gasteiger partial charge on any atom is 0.275 e. The fraction of sp³-hybridized carbons (Fsp3) is 0.167. The molecule has 106 valence electrons. The predicted molar refractivity (Wildman–Crippen MR) is 72.8 cm³/mol. The van der Waals surface area contributed by atoms with Gasteiger partial charge in [-0.25, -0.2) is 24.9 Å². The van der Waals surface area contributed by atoms with Gasteiger partial charge in [-0.1, -0.05) is 0 Å². The molecule has 0 aliphatic heterocycles. The van der Waals surface area contributed by atoms with Crippen molar-refractivity contribution < 1.29 is 9.53 Å². The lowest BCUT2D eigenvalue weighted by atomic mass is 10.3. The number of ether oxygens (including phenoxy) is 1. The summed E-state index contributed by atoms with van der Waals surface area (Å²) in [5, 5.41) is 2.65. The number of nitrogens with zero attached hydrogens (tertiary/aromatic N) is 5. The van der Waals surface area contributed by atoms with Crippen molar-refractivity contribution in [1.82, 2.24) is 29.9 Å². The van der Waals surface area contributed by atoms with E-state index in [4.69, 9.17) is 4.74 Å². The van der Waals surface area contributed by atoms with E-state index in [1.165, 1.54) is 25.0 Å². The van der Waals surface area contributed by atoms with Crippen LogP contribution in [0, 0.1) is 0 Å². The maximum absolute atomic E-state index is 12.2. The van der Waals surface area contributed by atoms with Crippen LogP contribution in [0.4, 0.5) is 5.82 Å². The van der Waals surface area contributed by atoms with E-state index < -0.39 is 5.91 Å². The van der Waals surface area contributed by atoms with Gasteiger partial charge in [0.1, 0.15) is 23.9 Å². The zero-order chi connectivity index (χ0) is 14.7. The molecule has 0 radical (unpaired) electrons. The van der Waals surface area contributed by atoms with Crippen molar-refractivity contribution in [3.8, 4) is 5.88 Å². The SMILES string of the molecule is CCOc1cc(C(=O)Nc2ncnc3nc[nH]c23)ncn1. The molecule has 0 aliphatic rings. The highest BCUT2D eigenvalue weighted by atomic mass is 16.5. The molecule has 3 aromatic rings. The van der Waals surface area contributed by atoms with Crippen LogP contribution in [0.2, 0.25) is 0 Å². The summed E-state index contributed by atoms with van der Waals surface area (Å²) in [6.45, 7) is 2.29. The molecule has 3 heterocycles. The number of aromatic nitrogens is 6. The Balaban J connectivity index is 1.86. The molecule has 0 saturated carbocycles. The number of fused-ring (bicyclic) bond motifs is 1. The summed E-state index contributed by atoms with van der Waals surface area (Å²) in [5.41, 5.74) is 1.20. The van der Waals surface area contributed by atoms with Gasteiger partial charge in [-0.05, 0) is 6.92 Å². The molecule has 0 fully saturated rings. The van der Waals surface area contributed by atoms with Crippen molar-refractivity contribution in [3.63, 3.8) is 0 Å². The minimum Gasteiger partial charge on any atom is -0.478 e. The summed E-state index contributed by atoms with van der Waals surface area (Å²) in [4.78, 5) is 34.8. The van der Waals surface area contributed by atoms with Gasteiger partial charge in [0.2, 0.25) is 5.88 Å². The molecule has 9 nitrogen and oxygen atoms in total. The van der Waals surface area contributed by atoms with Crippen molar-refractivity contribution in [1.29, 1.82) is 0 Å². The number of carbonyl (C=O) groups excluding carboxylic acids is 1. The van der Waals surface area contributed by atoms with Crippen LogP contribution in [-0.4, -0.2) is 42.4 Å². The largest absolute Gasteiger partial charge is 0.478 e. The third-order valence-electron chi connectivity index (χ3n) is 2.62. The van der Waals surface area contributed by atoms with E-state index in [1.807, 2.05) is 6.92 Å². The first kappa shape index (κ1) is 12.9. The van der Waals surface area contributed by atoms with Gasteiger partial charge < -0.3 is 15.0 Å². The minimum atomic E-state index is -0.423. The average Bonchev–Trinajstić information content (AvgIpc) is 2.97. The minimum absolute atomic E-state index is 0.180. The maximum atomic E-state index is 12.2.